The molecule has 0 fully saturated rings. The maximum absolute atomic E-state index is 11.1. The molecule has 3 heteroatoms. The summed E-state index contributed by atoms with van der Waals surface area (Å²) < 4.78 is 0. The van der Waals surface area contributed by atoms with Crippen molar-refractivity contribution < 1.29 is 5.11 Å². The number of rotatable bonds is 7. The molecule has 2 nitrogen and oxygen atoms in total. The van der Waals surface area contributed by atoms with Gasteiger partial charge in [0.05, 0.1) is 0 Å². The Balaban J connectivity index is 2.62. The summed E-state index contributed by atoms with van der Waals surface area (Å²) in [7, 11) is 2.38. The van der Waals surface area contributed by atoms with E-state index in [-0.39, 0.29) is 10.6 Å². The number of phenolic OH excluding ortho intramolecular Hbond substituents is 1. The van der Waals surface area contributed by atoms with Crippen molar-refractivity contribution in [2.24, 2.45) is 4.99 Å². The Bertz CT molecular complexity index is 835. The average Bonchev–Trinajstić information content (AvgIpc) is 2.63. The van der Waals surface area contributed by atoms with E-state index in [9.17, 15) is 5.11 Å². The van der Waals surface area contributed by atoms with Crippen molar-refractivity contribution in [1.29, 1.82) is 0 Å². The molecule has 2 atom stereocenters. The summed E-state index contributed by atoms with van der Waals surface area (Å²) in [6.07, 6.45) is 5.29. The summed E-state index contributed by atoms with van der Waals surface area (Å²) in [5.41, 5.74) is 4.57. The highest BCUT2D eigenvalue weighted by Gasteiger charge is 2.32. The first-order valence-electron chi connectivity index (χ1n) is 10.3. The first-order valence-corrected chi connectivity index (χ1v) is 11.3. The maximum Gasteiger partial charge on any atom is 0.122 e. The zero-order valence-electron chi connectivity index (χ0n) is 18.6. The summed E-state index contributed by atoms with van der Waals surface area (Å²) in [5.74, 6) is 0.459. The van der Waals surface area contributed by atoms with Crippen LogP contribution in [0, 0.1) is 6.92 Å². The lowest BCUT2D eigenvalue weighted by atomic mass is 9.82. The van der Waals surface area contributed by atoms with Crippen LogP contribution in [0.1, 0.15) is 76.1 Å². The predicted octanol–water partition coefficient (Wildman–Crippen LogP) is 6.46. The summed E-state index contributed by atoms with van der Waals surface area (Å²) >= 11 is 0. The summed E-state index contributed by atoms with van der Waals surface area (Å²) in [5, 5.41) is 12.3. The van der Waals surface area contributed by atoms with E-state index in [4.69, 9.17) is 0 Å². The van der Waals surface area contributed by atoms with E-state index in [1.165, 1.54) is 16.4 Å². The fraction of sp³-hybridized carbons (Fsp3) is 0.480. The fourth-order valence-electron chi connectivity index (χ4n) is 3.59. The minimum Gasteiger partial charge on any atom is -0.507 e. The molecule has 0 radical (unpaired) electrons. The topological polar surface area (TPSA) is 32.6 Å². The van der Waals surface area contributed by atoms with Crippen LogP contribution in [-0.4, -0.2) is 18.4 Å². The van der Waals surface area contributed by atoms with Crippen molar-refractivity contribution in [1.82, 2.24) is 0 Å². The van der Waals surface area contributed by atoms with Crippen LogP contribution in [0.15, 0.2) is 41.4 Å². The third-order valence-electron chi connectivity index (χ3n) is 5.43. The predicted molar refractivity (Wildman–Crippen MR) is 126 cm³/mol. The Morgan fingerprint density at radius 1 is 1.11 bits per heavy atom. The third kappa shape index (κ3) is 5.23. The molecule has 0 aliphatic rings. The van der Waals surface area contributed by atoms with Crippen LogP contribution < -0.4 is 5.30 Å². The summed E-state index contributed by atoms with van der Waals surface area (Å²) in [4.78, 5) is 4.24. The minimum atomic E-state index is -0.107. The molecule has 0 amide bonds. The molecule has 0 saturated carbocycles. The Hall–Kier alpha value is -1.66. The van der Waals surface area contributed by atoms with Crippen LogP contribution in [0.25, 0.3) is 0 Å². The monoisotopic (exact) mass is 397 g/mol. The Labute approximate surface area is 173 Å². The first kappa shape index (κ1) is 22.6. The lowest BCUT2D eigenvalue weighted by Crippen LogP contribution is -2.23. The highest BCUT2D eigenvalue weighted by Crippen LogP contribution is 2.50. The molecule has 0 aromatic heterocycles. The molecule has 0 aliphatic heterocycles. The van der Waals surface area contributed by atoms with Crippen LogP contribution in [-0.2, 0) is 10.6 Å². The number of aryl methyl sites for hydroxylation is 1. The van der Waals surface area contributed by atoms with Gasteiger partial charge in [-0.25, -0.2) is 0 Å². The molecule has 0 saturated heterocycles. The van der Waals surface area contributed by atoms with Crippen LogP contribution in [0.2, 0.25) is 0 Å². The first-order chi connectivity index (χ1) is 13.1. The number of aliphatic imine (C=N–C) groups is 1. The van der Waals surface area contributed by atoms with E-state index < -0.39 is 0 Å². The largest absolute Gasteiger partial charge is 0.507 e. The van der Waals surface area contributed by atoms with E-state index in [0.717, 1.165) is 30.4 Å². The molecule has 0 spiro atoms. The Morgan fingerprint density at radius 3 is 2.39 bits per heavy atom. The van der Waals surface area contributed by atoms with Gasteiger partial charge in [0, 0.05) is 24.0 Å². The van der Waals surface area contributed by atoms with E-state index >= 15 is 0 Å². The van der Waals surface area contributed by atoms with Crippen LogP contribution in [0.4, 0.5) is 0 Å². The van der Waals surface area contributed by atoms with Crippen LogP contribution in [0.5, 0.6) is 5.75 Å². The van der Waals surface area contributed by atoms with E-state index in [0.29, 0.717) is 14.3 Å². The van der Waals surface area contributed by atoms with Gasteiger partial charge in [0.25, 0.3) is 0 Å². The SMILES string of the molecule is CCCCC(C)(Pc1ccccc1C=NC)c1cc(C(C)(C)C)cc(C)c1O. The molecule has 2 unspecified atom stereocenters. The quantitative estimate of drug-likeness (QED) is 0.422. The molecule has 28 heavy (non-hydrogen) atoms. The second-order valence-corrected chi connectivity index (χ2v) is 10.9. The Kier molecular flexibility index (Phi) is 7.46. The van der Waals surface area contributed by atoms with Crippen molar-refractivity contribution in [2.45, 2.75) is 71.4 Å². The summed E-state index contributed by atoms with van der Waals surface area (Å²) in [6.45, 7) is 13.3. The van der Waals surface area contributed by atoms with Gasteiger partial charge in [0.1, 0.15) is 5.75 Å². The van der Waals surface area contributed by atoms with E-state index in [1.54, 1.807) is 0 Å². The molecule has 1 N–H and O–H groups in total. The fourth-order valence-corrected chi connectivity index (χ4v) is 5.28. The van der Waals surface area contributed by atoms with Gasteiger partial charge in [-0.05, 0) is 40.8 Å². The number of phenols is 1. The van der Waals surface area contributed by atoms with Gasteiger partial charge in [-0.2, -0.15) is 0 Å². The molecule has 0 heterocycles. The zero-order valence-corrected chi connectivity index (χ0v) is 19.6. The third-order valence-corrected chi connectivity index (χ3v) is 7.23. The number of aromatic hydroxyl groups is 1. The van der Waals surface area contributed by atoms with Gasteiger partial charge in [-0.1, -0.05) is 92.4 Å². The molecule has 2 aromatic rings. The van der Waals surface area contributed by atoms with Crippen LogP contribution in [0.3, 0.4) is 0 Å². The molecule has 2 rings (SSSR count). The number of nitrogens with zero attached hydrogens (tertiary/aromatic N) is 1. The van der Waals surface area contributed by atoms with E-state index in [2.05, 4.69) is 76.0 Å². The lowest BCUT2D eigenvalue weighted by molar-refractivity contribution is 0.445. The van der Waals surface area contributed by atoms with Crippen molar-refractivity contribution in [3.05, 3.63) is 58.7 Å². The highest BCUT2D eigenvalue weighted by atomic mass is 31.1. The molecule has 0 aliphatic carbocycles. The normalized spacial score (nSPS) is 14.8. The number of hydrogen-bond acceptors (Lipinski definition) is 2. The van der Waals surface area contributed by atoms with Gasteiger partial charge in [-0.15, -0.1) is 0 Å². The van der Waals surface area contributed by atoms with Crippen LogP contribution >= 0.6 is 8.58 Å². The molecular formula is C25H36NOP. The van der Waals surface area contributed by atoms with Gasteiger partial charge >= 0.3 is 0 Å². The van der Waals surface area contributed by atoms with Crippen molar-refractivity contribution in [3.8, 4) is 5.75 Å². The average molecular weight is 398 g/mol. The van der Waals surface area contributed by atoms with Gasteiger partial charge in [0.15, 0.2) is 0 Å². The van der Waals surface area contributed by atoms with Gasteiger partial charge in [-0.3, -0.25) is 4.99 Å². The maximum atomic E-state index is 11.1. The smallest absolute Gasteiger partial charge is 0.122 e. The lowest BCUT2D eigenvalue weighted by Gasteiger charge is -2.34. The molecular weight excluding hydrogens is 361 g/mol. The Morgan fingerprint density at radius 2 is 1.79 bits per heavy atom. The van der Waals surface area contributed by atoms with Crippen molar-refractivity contribution in [2.75, 3.05) is 7.05 Å². The zero-order chi connectivity index (χ0) is 20.9. The number of hydrogen-bond donors (Lipinski definition) is 1. The molecule has 152 valence electrons. The number of benzene rings is 2. The van der Waals surface area contributed by atoms with Crippen molar-refractivity contribution in [3.63, 3.8) is 0 Å². The second-order valence-electron chi connectivity index (χ2n) is 8.97. The highest BCUT2D eigenvalue weighted by molar-refractivity contribution is 7.48. The van der Waals surface area contributed by atoms with E-state index in [1.807, 2.05) is 20.2 Å². The summed E-state index contributed by atoms with van der Waals surface area (Å²) in [6, 6.07) is 12.9. The molecule has 2 aromatic carbocycles. The number of unbranched alkanes of at least 4 members (excludes halogenated alkanes) is 1. The van der Waals surface area contributed by atoms with Gasteiger partial charge in [0.2, 0.25) is 0 Å². The van der Waals surface area contributed by atoms with Crippen molar-refractivity contribution >= 4 is 20.1 Å². The minimum absolute atomic E-state index is 0.0504. The molecule has 0 bridgehead atoms. The van der Waals surface area contributed by atoms with Gasteiger partial charge < -0.3 is 5.11 Å². The second kappa shape index (κ2) is 9.23. The standard InChI is InChI=1S/C25H36NOP/c1-8-9-14-25(6,28-22-13-11-10-12-19(22)17-26-7)21-16-20(24(3,4)5)15-18(2)23(21)27/h10-13,15-17,27-28H,8-9,14H2,1-7H3.